The van der Waals surface area contributed by atoms with Crippen molar-refractivity contribution >= 4 is 34.1 Å². The van der Waals surface area contributed by atoms with Crippen LogP contribution in [0.3, 0.4) is 0 Å². The summed E-state index contributed by atoms with van der Waals surface area (Å²) in [7, 11) is 2.28. The maximum Gasteiger partial charge on any atom is 0.0613 e. The molecule has 0 radical (unpaired) electrons. The molecule has 0 aliphatic carbocycles. The van der Waals surface area contributed by atoms with Gasteiger partial charge in [-0.2, -0.15) is 0 Å². The van der Waals surface area contributed by atoms with Crippen LogP contribution in [0.25, 0.3) is 16.6 Å². The minimum Gasteiger partial charge on any atom is -0.313 e. The van der Waals surface area contributed by atoms with Gasteiger partial charge in [0.2, 0.25) is 0 Å². The van der Waals surface area contributed by atoms with E-state index in [0.29, 0.717) is 22.1 Å². The molecule has 3 heterocycles. The highest BCUT2D eigenvalue weighted by molar-refractivity contribution is 6.42. The molecular weight excluding hydrogens is 351 g/mol. The lowest BCUT2D eigenvalue weighted by Crippen LogP contribution is -2.34. The van der Waals surface area contributed by atoms with E-state index in [0.717, 1.165) is 12.1 Å². The lowest BCUT2D eigenvalue weighted by atomic mass is 9.97. The van der Waals surface area contributed by atoms with Gasteiger partial charge in [-0.25, -0.2) is 0 Å². The van der Waals surface area contributed by atoms with Crippen LogP contribution < -0.4 is 0 Å². The number of halogens is 2. The van der Waals surface area contributed by atoms with Crippen LogP contribution in [-0.4, -0.2) is 22.6 Å². The third-order valence-corrected chi connectivity index (χ3v) is 6.77. The molecule has 25 heavy (non-hydrogen) atoms. The first-order valence-corrected chi connectivity index (χ1v) is 9.61. The molecule has 1 aromatic heterocycles. The monoisotopic (exact) mass is 370 g/mol. The Morgan fingerprint density at radius 2 is 1.84 bits per heavy atom. The third kappa shape index (κ3) is 2.21. The second kappa shape index (κ2) is 5.51. The fraction of sp³-hybridized carbons (Fsp3) is 0.333. The predicted molar refractivity (Wildman–Crippen MR) is 105 cm³/mol. The van der Waals surface area contributed by atoms with Gasteiger partial charge < -0.3 is 4.57 Å². The molecule has 0 spiro atoms. The Morgan fingerprint density at radius 1 is 1.00 bits per heavy atom. The molecule has 4 heteroatoms. The Kier molecular flexibility index (Phi) is 3.47. The Balaban J connectivity index is 1.85. The van der Waals surface area contributed by atoms with Crippen molar-refractivity contribution in [2.75, 3.05) is 7.05 Å². The van der Waals surface area contributed by atoms with Gasteiger partial charge in [0.25, 0.3) is 0 Å². The van der Waals surface area contributed by atoms with E-state index in [1.165, 1.54) is 40.6 Å². The molecule has 5 rings (SSSR count). The average molecular weight is 371 g/mol. The molecule has 2 aromatic carbocycles. The molecule has 128 valence electrons. The number of fused-ring (bicyclic) bond motifs is 6. The summed E-state index contributed by atoms with van der Waals surface area (Å²) in [6.45, 7) is 2.17. The highest BCUT2D eigenvalue weighted by Gasteiger charge is 2.40. The van der Waals surface area contributed by atoms with Gasteiger partial charge >= 0.3 is 0 Å². The summed E-state index contributed by atoms with van der Waals surface area (Å²) in [5, 5.41) is 2.60. The van der Waals surface area contributed by atoms with E-state index < -0.39 is 0 Å². The van der Waals surface area contributed by atoms with Gasteiger partial charge in [-0.15, -0.1) is 0 Å². The summed E-state index contributed by atoms with van der Waals surface area (Å²) in [6.07, 6.45) is 3.63. The first-order valence-electron chi connectivity index (χ1n) is 8.86. The van der Waals surface area contributed by atoms with Crippen molar-refractivity contribution in [3.05, 3.63) is 63.3 Å². The van der Waals surface area contributed by atoms with E-state index >= 15 is 0 Å². The molecule has 1 saturated heterocycles. The van der Waals surface area contributed by atoms with Gasteiger partial charge in [0.1, 0.15) is 0 Å². The molecule has 2 atom stereocenters. The van der Waals surface area contributed by atoms with E-state index in [9.17, 15) is 0 Å². The Morgan fingerprint density at radius 3 is 2.64 bits per heavy atom. The summed E-state index contributed by atoms with van der Waals surface area (Å²) >= 11 is 12.5. The van der Waals surface area contributed by atoms with Crippen LogP contribution in [0.1, 0.15) is 35.7 Å². The maximum atomic E-state index is 6.33. The van der Waals surface area contributed by atoms with Crippen LogP contribution in [0.4, 0.5) is 0 Å². The topological polar surface area (TPSA) is 8.17 Å². The van der Waals surface area contributed by atoms with E-state index in [-0.39, 0.29) is 0 Å². The summed E-state index contributed by atoms with van der Waals surface area (Å²) in [5.41, 5.74) is 6.65. The first kappa shape index (κ1) is 15.7. The van der Waals surface area contributed by atoms with Gasteiger partial charge in [-0.3, -0.25) is 4.90 Å². The molecule has 0 amide bonds. The molecule has 1 fully saturated rings. The maximum absolute atomic E-state index is 6.33. The van der Waals surface area contributed by atoms with Crippen molar-refractivity contribution < 1.29 is 0 Å². The van der Waals surface area contributed by atoms with Crippen molar-refractivity contribution in [1.82, 2.24) is 9.47 Å². The number of aromatic nitrogens is 1. The zero-order valence-electron chi connectivity index (χ0n) is 14.4. The zero-order chi connectivity index (χ0) is 17.3. The highest BCUT2D eigenvalue weighted by atomic mass is 35.5. The van der Waals surface area contributed by atoms with Crippen molar-refractivity contribution in [2.45, 2.75) is 38.3 Å². The fourth-order valence-electron chi connectivity index (χ4n) is 4.80. The van der Waals surface area contributed by atoms with Crippen molar-refractivity contribution in [1.29, 1.82) is 0 Å². The molecule has 0 N–H and O–H groups in total. The molecule has 2 aliphatic heterocycles. The number of hydrogen-bond donors (Lipinski definition) is 0. The normalized spacial score (nSPS) is 22.6. The number of likely N-dealkylation sites (N-methyl/N-ethyl adjacent to an activating group) is 1. The SMILES string of the molecule is Cc1ccc2c(c1)c1c(n2-c2ccc(Cl)c(Cl)c2)CC2CCC1N2C. The molecule has 2 bridgehead atoms. The van der Waals surface area contributed by atoms with E-state index in [1.54, 1.807) is 0 Å². The van der Waals surface area contributed by atoms with Crippen LogP contribution in [0.5, 0.6) is 0 Å². The molecule has 0 saturated carbocycles. The van der Waals surface area contributed by atoms with Crippen LogP contribution in [0, 0.1) is 6.92 Å². The summed E-state index contributed by atoms with van der Waals surface area (Å²) in [5.74, 6) is 0. The van der Waals surface area contributed by atoms with E-state index in [2.05, 4.69) is 47.7 Å². The van der Waals surface area contributed by atoms with Gasteiger partial charge in [0, 0.05) is 35.3 Å². The largest absolute Gasteiger partial charge is 0.313 e. The van der Waals surface area contributed by atoms with E-state index in [4.69, 9.17) is 23.2 Å². The molecule has 2 aliphatic rings. The van der Waals surface area contributed by atoms with Crippen molar-refractivity contribution in [3.63, 3.8) is 0 Å². The van der Waals surface area contributed by atoms with Crippen LogP contribution >= 0.6 is 23.2 Å². The second-order valence-electron chi connectivity index (χ2n) is 7.43. The van der Waals surface area contributed by atoms with Gasteiger partial charge in [-0.05, 0) is 62.7 Å². The second-order valence-corrected chi connectivity index (χ2v) is 8.25. The smallest absolute Gasteiger partial charge is 0.0613 e. The number of hydrogen-bond acceptors (Lipinski definition) is 1. The lowest BCUT2D eigenvalue weighted by molar-refractivity contribution is 0.223. The van der Waals surface area contributed by atoms with Crippen molar-refractivity contribution in [3.8, 4) is 5.69 Å². The average Bonchev–Trinajstić information content (AvgIpc) is 3.01. The Hall–Kier alpha value is -1.48. The minimum absolute atomic E-state index is 0.530. The standard InChI is InChI=1S/C21H20Cl2N2/c1-12-3-7-18-15(9-12)21-19-8-5-13(24(19)2)11-20(21)25(18)14-4-6-16(22)17(23)10-14/h3-4,6-7,9-10,13,19H,5,8,11H2,1-2H3. The number of rotatable bonds is 1. The molecule has 3 aromatic rings. The molecule has 2 nitrogen and oxygen atoms in total. The number of aryl methyl sites for hydroxylation is 1. The molecule has 2 unspecified atom stereocenters. The summed E-state index contributed by atoms with van der Waals surface area (Å²) in [4.78, 5) is 2.57. The highest BCUT2D eigenvalue weighted by Crippen LogP contribution is 2.47. The first-order chi connectivity index (χ1) is 12.0. The lowest BCUT2D eigenvalue weighted by Gasteiger charge is -2.32. The number of nitrogens with zero attached hydrogens (tertiary/aromatic N) is 2. The quantitative estimate of drug-likeness (QED) is 0.514. The number of benzene rings is 2. The minimum atomic E-state index is 0.530. The third-order valence-electron chi connectivity index (χ3n) is 6.03. The Labute approximate surface area is 157 Å². The summed E-state index contributed by atoms with van der Waals surface area (Å²) < 4.78 is 2.41. The van der Waals surface area contributed by atoms with Crippen molar-refractivity contribution in [2.24, 2.45) is 0 Å². The fourth-order valence-corrected chi connectivity index (χ4v) is 5.10. The van der Waals surface area contributed by atoms with Crippen LogP contribution in [0.2, 0.25) is 10.0 Å². The predicted octanol–water partition coefficient (Wildman–Crippen LogP) is 5.94. The van der Waals surface area contributed by atoms with Crippen LogP contribution in [-0.2, 0) is 6.42 Å². The van der Waals surface area contributed by atoms with Crippen LogP contribution in [0.15, 0.2) is 36.4 Å². The van der Waals surface area contributed by atoms with E-state index in [1.807, 2.05) is 12.1 Å². The van der Waals surface area contributed by atoms with Gasteiger partial charge in [0.05, 0.1) is 15.6 Å². The Bertz CT molecular complexity index is 1000. The van der Waals surface area contributed by atoms with Gasteiger partial charge in [-0.1, -0.05) is 34.8 Å². The molecular formula is C21H20Cl2N2. The summed E-state index contributed by atoms with van der Waals surface area (Å²) in [6, 6.07) is 13.9. The zero-order valence-corrected chi connectivity index (χ0v) is 15.9. The van der Waals surface area contributed by atoms with Gasteiger partial charge in [0.15, 0.2) is 0 Å².